The van der Waals surface area contributed by atoms with Gasteiger partial charge in [-0.05, 0) is 17.7 Å². The van der Waals surface area contributed by atoms with E-state index in [4.69, 9.17) is 0 Å². The lowest BCUT2D eigenvalue weighted by Crippen LogP contribution is -1.78. The van der Waals surface area contributed by atoms with Crippen molar-refractivity contribution in [2.45, 2.75) is 0 Å². The summed E-state index contributed by atoms with van der Waals surface area (Å²) in [6, 6.07) is 15.4. The molecule has 0 bridgehead atoms. The van der Waals surface area contributed by atoms with E-state index in [2.05, 4.69) is 9.97 Å². The first-order valence-corrected chi connectivity index (χ1v) is 6.33. The molecule has 0 fully saturated rings. The molecule has 1 aromatic carbocycles. The van der Waals surface area contributed by atoms with Crippen LogP contribution in [0.5, 0.6) is 5.88 Å². The van der Waals surface area contributed by atoms with Gasteiger partial charge in [-0.15, -0.1) is 11.3 Å². The number of aromatic hydroxyl groups is 1. The highest BCUT2D eigenvalue weighted by Crippen LogP contribution is 2.38. The van der Waals surface area contributed by atoms with Crippen molar-refractivity contribution in [3.8, 4) is 27.0 Å². The molecule has 4 heteroatoms. The van der Waals surface area contributed by atoms with Crippen LogP contribution in [0.1, 0.15) is 0 Å². The summed E-state index contributed by atoms with van der Waals surface area (Å²) in [6.45, 7) is 0. The van der Waals surface area contributed by atoms with Crippen LogP contribution in [0.3, 0.4) is 0 Å². The molecule has 18 heavy (non-hydrogen) atoms. The highest BCUT2D eigenvalue weighted by Gasteiger charge is 2.13. The minimum atomic E-state index is 0.0619. The van der Waals surface area contributed by atoms with Gasteiger partial charge in [0.05, 0.1) is 10.6 Å². The summed E-state index contributed by atoms with van der Waals surface area (Å²) in [6.07, 6.45) is 1.72. The van der Waals surface area contributed by atoms with Gasteiger partial charge in [-0.25, -0.2) is 0 Å². The van der Waals surface area contributed by atoms with E-state index in [1.165, 1.54) is 11.3 Å². The van der Waals surface area contributed by atoms with E-state index in [1.807, 2.05) is 48.5 Å². The maximum Gasteiger partial charge on any atom is 0.230 e. The highest BCUT2D eigenvalue weighted by atomic mass is 32.1. The molecule has 0 spiro atoms. The van der Waals surface area contributed by atoms with Crippen molar-refractivity contribution >= 4 is 11.3 Å². The Morgan fingerprint density at radius 2 is 1.72 bits per heavy atom. The Kier molecular flexibility index (Phi) is 2.78. The topological polar surface area (TPSA) is 46.0 Å². The molecule has 3 nitrogen and oxygen atoms in total. The second-order valence-electron chi connectivity index (χ2n) is 3.75. The number of hydrogen-bond acceptors (Lipinski definition) is 4. The number of pyridine rings is 1. The summed E-state index contributed by atoms with van der Waals surface area (Å²) < 4.78 is 0. The van der Waals surface area contributed by atoms with Gasteiger partial charge in [-0.1, -0.05) is 36.4 Å². The Labute approximate surface area is 108 Å². The molecular formula is C14H10N2OS. The lowest BCUT2D eigenvalue weighted by molar-refractivity contribution is 0.459. The number of benzene rings is 1. The summed E-state index contributed by atoms with van der Waals surface area (Å²) in [5, 5.41) is 10.6. The molecule has 0 aliphatic heterocycles. The predicted molar refractivity (Wildman–Crippen MR) is 72.4 cm³/mol. The van der Waals surface area contributed by atoms with Gasteiger partial charge < -0.3 is 5.11 Å². The van der Waals surface area contributed by atoms with Crippen molar-refractivity contribution in [1.82, 2.24) is 9.97 Å². The molecule has 1 N–H and O–H groups in total. The molecular weight excluding hydrogens is 244 g/mol. The van der Waals surface area contributed by atoms with E-state index in [-0.39, 0.29) is 5.88 Å². The van der Waals surface area contributed by atoms with Crippen molar-refractivity contribution in [1.29, 1.82) is 0 Å². The lowest BCUT2D eigenvalue weighted by atomic mass is 10.2. The smallest absolute Gasteiger partial charge is 0.230 e. The Morgan fingerprint density at radius 3 is 2.44 bits per heavy atom. The van der Waals surface area contributed by atoms with E-state index in [0.717, 1.165) is 21.1 Å². The standard InChI is InChI=1S/C14H10N2OS/c17-13-12(10-6-2-1-3-7-10)18-14(16-13)11-8-4-5-9-15-11/h1-9,17H. The van der Waals surface area contributed by atoms with Gasteiger partial charge in [0, 0.05) is 6.20 Å². The third-order valence-corrected chi connectivity index (χ3v) is 3.65. The van der Waals surface area contributed by atoms with E-state index < -0.39 is 0 Å². The first kappa shape index (κ1) is 10.9. The van der Waals surface area contributed by atoms with Crippen LogP contribution in [0.15, 0.2) is 54.7 Å². The van der Waals surface area contributed by atoms with E-state index in [9.17, 15) is 5.11 Å². The second kappa shape index (κ2) is 4.58. The molecule has 88 valence electrons. The number of hydrogen-bond donors (Lipinski definition) is 1. The van der Waals surface area contributed by atoms with Gasteiger partial charge in [0.2, 0.25) is 5.88 Å². The molecule has 3 rings (SSSR count). The largest absolute Gasteiger partial charge is 0.492 e. The van der Waals surface area contributed by atoms with Crippen molar-refractivity contribution < 1.29 is 5.11 Å². The minimum Gasteiger partial charge on any atom is -0.492 e. The minimum absolute atomic E-state index is 0.0619. The fourth-order valence-electron chi connectivity index (χ4n) is 1.69. The van der Waals surface area contributed by atoms with Crippen LogP contribution < -0.4 is 0 Å². The molecule has 0 aliphatic carbocycles. The Balaban J connectivity index is 2.07. The first-order chi connectivity index (χ1) is 8.84. The average molecular weight is 254 g/mol. The quantitative estimate of drug-likeness (QED) is 0.760. The van der Waals surface area contributed by atoms with Crippen molar-refractivity contribution in [2.75, 3.05) is 0 Å². The van der Waals surface area contributed by atoms with Gasteiger partial charge >= 0.3 is 0 Å². The number of aromatic nitrogens is 2. The summed E-state index contributed by atoms with van der Waals surface area (Å²) in [7, 11) is 0. The van der Waals surface area contributed by atoms with Crippen molar-refractivity contribution in [3.05, 3.63) is 54.7 Å². The Bertz CT molecular complexity index is 650. The van der Waals surface area contributed by atoms with Gasteiger partial charge in [-0.2, -0.15) is 4.98 Å². The van der Waals surface area contributed by atoms with Gasteiger partial charge in [0.1, 0.15) is 5.01 Å². The summed E-state index contributed by atoms with van der Waals surface area (Å²) in [4.78, 5) is 9.18. The molecule has 0 amide bonds. The number of rotatable bonds is 2. The molecule has 0 saturated heterocycles. The molecule has 2 aromatic heterocycles. The maximum absolute atomic E-state index is 9.92. The average Bonchev–Trinajstić information content (AvgIpc) is 2.83. The van der Waals surface area contributed by atoms with Crippen LogP contribution >= 0.6 is 11.3 Å². The van der Waals surface area contributed by atoms with Crippen LogP contribution in [0.2, 0.25) is 0 Å². The summed E-state index contributed by atoms with van der Waals surface area (Å²) in [5.74, 6) is 0.0619. The van der Waals surface area contributed by atoms with Gasteiger partial charge in [0.15, 0.2) is 0 Å². The zero-order valence-electron chi connectivity index (χ0n) is 9.45. The van der Waals surface area contributed by atoms with Crippen molar-refractivity contribution in [2.24, 2.45) is 0 Å². The number of nitrogens with zero attached hydrogens (tertiary/aromatic N) is 2. The molecule has 0 atom stereocenters. The van der Waals surface area contributed by atoms with Gasteiger partial charge in [0.25, 0.3) is 0 Å². The van der Waals surface area contributed by atoms with E-state index in [0.29, 0.717) is 0 Å². The first-order valence-electron chi connectivity index (χ1n) is 5.51. The molecule has 0 aliphatic rings. The monoisotopic (exact) mass is 254 g/mol. The summed E-state index contributed by atoms with van der Waals surface area (Å²) >= 11 is 1.44. The van der Waals surface area contributed by atoms with Crippen LogP contribution in [0.25, 0.3) is 21.1 Å². The Morgan fingerprint density at radius 1 is 0.944 bits per heavy atom. The zero-order chi connectivity index (χ0) is 12.4. The van der Waals surface area contributed by atoms with Crippen LogP contribution in [0.4, 0.5) is 0 Å². The van der Waals surface area contributed by atoms with Crippen LogP contribution in [-0.4, -0.2) is 15.1 Å². The number of thiazole rings is 1. The second-order valence-corrected chi connectivity index (χ2v) is 4.75. The third-order valence-electron chi connectivity index (χ3n) is 2.53. The molecule has 0 radical (unpaired) electrons. The Hall–Kier alpha value is -2.20. The van der Waals surface area contributed by atoms with E-state index >= 15 is 0 Å². The normalized spacial score (nSPS) is 10.4. The van der Waals surface area contributed by atoms with Crippen molar-refractivity contribution in [3.63, 3.8) is 0 Å². The van der Waals surface area contributed by atoms with Crippen LogP contribution in [0, 0.1) is 0 Å². The lowest BCUT2D eigenvalue weighted by Gasteiger charge is -1.95. The predicted octanol–water partition coefficient (Wildman–Crippen LogP) is 3.58. The fourth-order valence-corrected chi connectivity index (χ4v) is 2.63. The highest BCUT2D eigenvalue weighted by molar-refractivity contribution is 7.18. The van der Waals surface area contributed by atoms with Gasteiger partial charge in [-0.3, -0.25) is 4.98 Å². The van der Waals surface area contributed by atoms with Crippen LogP contribution in [-0.2, 0) is 0 Å². The fraction of sp³-hybridized carbons (Fsp3) is 0. The zero-order valence-corrected chi connectivity index (χ0v) is 10.3. The molecule has 0 unspecified atom stereocenters. The van der Waals surface area contributed by atoms with E-state index in [1.54, 1.807) is 6.20 Å². The molecule has 2 heterocycles. The molecule has 0 saturated carbocycles. The maximum atomic E-state index is 9.92. The molecule has 3 aromatic rings. The third kappa shape index (κ3) is 1.98. The SMILES string of the molecule is Oc1nc(-c2ccccn2)sc1-c1ccccc1. The summed E-state index contributed by atoms with van der Waals surface area (Å²) in [5.41, 5.74) is 1.75.